The Hall–Kier alpha value is -3.42. The molecule has 1 N–H and O–H groups in total. The summed E-state index contributed by atoms with van der Waals surface area (Å²) in [5.74, 6) is -0.752. The van der Waals surface area contributed by atoms with E-state index >= 15 is 0 Å². The molecule has 3 rings (SSSR count). The molecule has 0 bridgehead atoms. The molecule has 8 heteroatoms. The van der Waals surface area contributed by atoms with Crippen LogP contribution in [0.5, 0.6) is 5.75 Å². The molecule has 0 unspecified atom stereocenters. The Morgan fingerprint density at radius 2 is 1.96 bits per heavy atom. The molecule has 1 aliphatic heterocycles. The van der Waals surface area contributed by atoms with Crippen LogP contribution >= 0.6 is 0 Å². The van der Waals surface area contributed by atoms with Gasteiger partial charge >= 0.3 is 0 Å². The zero-order valence-corrected chi connectivity index (χ0v) is 15.0. The van der Waals surface area contributed by atoms with Gasteiger partial charge in [-0.25, -0.2) is 0 Å². The molecule has 0 radical (unpaired) electrons. The van der Waals surface area contributed by atoms with Gasteiger partial charge in [-0.3, -0.25) is 19.7 Å². The number of rotatable bonds is 5. The SMILES string of the molecule is COc1ccc([N+](=O)[O-])cc1NC(=O)[C@H]1CC(=O)N(c2ccc(C)cc2)C1. The predicted octanol–water partition coefficient (Wildman–Crippen LogP) is 2.90. The number of ether oxygens (including phenoxy) is 1. The van der Waals surface area contributed by atoms with E-state index < -0.39 is 10.8 Å². The van der Waals surface area contributed by atoms with Crippen LogP contribution in [-0.4, -0.2) is 30.4 Å². The highest BCUT2D eigenvalue weighted by Crippen LogP contribution is 2.31. The maximum absolute atomic E-state index is 12.6. The minimum absolute atomic E-state index is 0.0803. The van der Waals surface area contributed by atoms with Gasteiger partial charge in [0.05, 0.1) is 23.6 Å². The topological polar surface area (TPSA) is 102 Å². The van der Waals surface area contributed by atoms with Gasteiger partial charge in [-0.05, 0) is 25.1 Å². The summed E-state index contributed by atoms with van der Waals surface area (Å²) in [6.45, 7) is 2.21. The van der Waals surface area contributed by atoms with Crippen LogP contribution in [0.15, 0.2) is 42.5 Å². The molecule has 1 atom stereocenters. The Morgan fingerprint density at radius 1 is 1.26 bits per heavy atom. The fraction of sp³-hybridized carbons (Fsp3) is 0.263. The lowest BCUT2D eigenvalue weighted by Crippen LogP contribution is -2.28. The van der Waals surface area contributed by atoms with E-state index in [1.54, 1.807) is 4.90 Å². The molecule has 2 aromatic carbocycles. The van der Waals surface area contributed by atoms with Gasteiger partial charge in [-0.15, -0.1) is 0 Å². The van der Waals surface area contributed by atoms with Crippen molar-refractivity contribution >= 4 is 28.9 Å². The summed E-state index contributed by atoms with van der Waals surface area (Å²) >= 11 is 0. The van der Waals surface area contributed by atoms with Crippen LogP contribution < -0.4 is 15.0 Å². The van der Waals surface area contributed by atoms with Crippen molar-refractivity contribution < 1.29 is 19.2 Å². The van der Waals surface area contributed by atoms with Gasteiger partial charge in [0.1, 0.15) is 5.75 Å². The van der Waals surface area contributed by atoms with E-state index in [1.807, 2.05) is 31.2 Å². The molecular weight excluding hydrogens is 350 g/mol. The van der Waals surface area contributed by atoms with Crippen LogP contribution in [0.3, 0.4) is 0 Å². The van der Waals surface area contributed by atoms with Crippen LogP contribution in [-0.2, 0) is 9.59 Å². The Labute approximate surface area is 155 Å². The minimum Gasteiger partial charge on any atom is -0.495 e. The van der Waals surface area contributed by atoms with Gasteiger partial charge in [0.15, 0.2) is 0 Å². The molecule has 8 nitrogen and oxygen atoms in total. The molecule has 0 aliphatic carbocycles. The quantitative estimate of drug-likeness (QED) is 0.645. The van der Waals surface area contributed by atoms with Crippen LogP contribution in [0.25, 0.3) is 0 Å². The number of anilines is 2. The van der Waals surface area contributed by atoms with E-state index in [0.29, 0.717) is 5.75 Å². The zero-order chi connectivity index (χ0) is 19.6. The first-order valence-electron chi connectivity index (χ1n) is 8.39. The fourth-order valence-corrected chi connectivity index (χ4v) is 3.00. The van der Waals surface area contributed by atoms with Gasteiger partial charge in [0, 0.05) is 30.8 Å². The average Bonchev–Trinajstić information content (AvgIpc) is 3.04. The second kappa shape index (κ2) is 7.45. The van der Waals surface area contributed by atoms with E-state index in [4.69, 9.17) is 4.74 Å². The van der Waals surface area contributed by atoms with Crippen molar-refractivity contribution in [1.82, 2.24) is 0 Å². The maximum Gasteiger partial charge on any atom is 0.271 e. The summed E-state index contributed by atoms with van der Waals surface area (Å²) in [6, 6.07) is 11.5. The van der Waals surface area contributed by atoms with Crippen LogP contribution in [0.2, 0.25) is 0 Å². The predicted molar refractivity (Wildman–Crippen MR) is 99.9 cm³/mol. The second-order valence-corrected chi connectivity index (χ2v) is 6.37. The number of carbonyl (C=O) groups excluding carboxylic acids is 2. The lowest BCUT2D eigenvalue weighted by molar-refractivity contribution is -0.384. The number of aryl methyl sites for hydroxylation is 1. The number of nitro benzene ring substituents is 1. The molecule has 1 fully saturated rings. The van der Waals surface area contributed by atoms with E-state index in [-0.39, 0.29) is 36.2 Å². The molecule has 1 aliphatic rings. The van der Waals surface area contributed by atoms with Crippen molar-refractivity contribution in [3.63, 3.8) is 0 Å². The van der Waals surface area contributed by atoms with E-state index in [0.717, 1.165) is 11.3 Å². The molecule has 0 aromatic heterocycles. The van der Waals surface area contributed by atoms with Crippen molar-refractivity contribution in [2.45, 2.75) is 13.3 Å². The normalized spacial score (nSPS) is 16.3. The summed E-state index contributed by atoms with van der Waals surface area (Å²) in [4.78, 5) is 36.9. The average molecular weight is 369 g/mol. The van der Waals surface area contributed by atoms with Crippen molar-refractivity contribution in [2.75, 3.05) is 23.9 Å². The number of non-ortho nitro benzene ring substituents is 1. The fourth-order valence-electron chi connectivity index (χ4n) is 3.00. The second-order valence-electron chi connectivity index (χ2n) is 6.37. The first-order valence-corrected chi connectivity index (χ1v) is 8.39. The number of nitrogens with zero attached hydrogens (tertiary/aromatic N) is 2. The van der Waals surface area contributed by atoms with Gasteiger partial charge < -0.3 is 15.0 Å². The van der Waals surface area contributed by atoms with E-state index in [2.05, 4.69) is 5.32 Å². The van der Waals surface area contributed by atoms with Crippen LogP contribution in [0.4, 0.5) is 17.1 Å². The number of nitro groups is 1. The van der Waals surface area contributed by atoms with Gasteiger partial charge in [0.25, 0.3) is 5.69 Å². The molecule has 2 aromatic rings. The number of carbonyl (C=O) groups is 2. The Morgan fingerprint density at radius 3 is 2.59 bits per heavy atom. The summed E-state index contributed by atoms with van der Waals surface area (Å²) in [6.07, 6.45) is 0.0803. The molecule has 1 heterocycles. The smallest absolute Gasteiger partial charge is 0.271 e. The highest BCUT2D eigenvalue weighted by molar-refractivity contribution is 6.04. The zero-order valence-electron chi connectivity index (χ0n) is 15.0. The summed E-state index contributed by atoms with van der Waals surface area (Å²) in [7, 11) is 1.41. The number of amides is 2. The Kier molecular flexibility index (Phi) is 5.07. The highest BCUT2D eigenvalue weighted by Gasteiger charge is 2.35. The molecule has 2 amide bonds. The first kappa shape index (κ1) is 18.4. The number of nitrogens with one attached hydrogen (secondary N) is 1. The lowest BCUT2D eigenvalue weighted by Gasteiger charge is -2.17. The monoisotopic (exact) mass is 369 g/mol. The maximum atomic E-state index is 12.6. The standard InChI is InChI=1S/C19H19N3O5/c1-12-3-5-14(6-4-12)21-11-13(9-18(21)23)19(24)20-16-10-15(22(25)26)7-8-17(16)27-2/h3-8,10,13H,9,11H2,1-2H3,(H,20,24)/t13-/m0/s1. The van der Waals surface area contributed by atoms with Gasteiger partial charge in [-0.1, -0.05) is 17.7 Å². The molecule has 0 saturated carbocycles. The van der Waals surface area contributed by atoms with E-state index in [1.165, 1.54) is 25.3 Å². The van der Waals surface area contributed by atoms with E-state index in [9.17, 15) is 19.7 Å². The van der Waals surface area contributed by atoms with Crippen molar-refractivity contribution in [2.24, 2.45) is 5.92 Å². The van der Waals surface area contributed by atoms with Crippen molar-refractivity contribution in [1.29, 1.82) is 0 Å². The third kappa shape index (κ3) is 3.89. The van der Waals surface area contributed by atoms with Crippen molar-refractivity contribution in [3.05, 3.63) is 58.1 Å². The van der Waals surface area contributed by atoms with Crippen molar-refractivity contribution in [3.8, 4) is 5.75 Å². The first-order chi connectivity index (χ1) is 12.9. The largest absolute Gasteiger partial charge is 0.495 e. The number of hydrogen-bond acceptors (Lipinski definition) is 5. The lowest BCUT2D eigenvalue weighted by atomic mass is 10.1. The van der Waals surface area contributed by atoms with Gasteiger partial charge in [-0.2, -0.15) is 0 Å². The molecule has 0 spiro atoms. The minimum atomic E-state index is -0.553. The third-order valence-corrected chi connectivity index (χ3v) is 4.49. The molecule has 1 saturated heterocycles. The summed E-state index contributed by atoms with van der Waals surface area (Å²) in [5.41, 5.74) is 1.87. The molecular formula is C19H19N3O5. The number of benzene rings is 2. The number of hydrogen-bond donors (Lipinski definition) is 1. The Balaban J connectivity index is 1.75. The number of methoxy groups -OCH3 is 1. The molecule has 27 heavy (non-hydrogen) atoms. The third-order valence-electron chi connectivity index (χ3n) is 4.49. The molecule has 140 valence electrons. The van der Waals surface area contributed by atoms with Gasteiger partial charge in [0.2, 0.25) is 11.8 Å². The summed E-state index contributed by atoms with van der Waals surface area (Å²) in [5, 5.41) is 13.6. The Bertz CT molecular complexity index is 895. The van der Waals surface area contributed by atoms with Crippen LogP contribution in [0.1, 0.15) is 12.0 Å². The summed E-state index contributed by atoms with van der Waals surface area (Å²) < 4.78 is 5.15. The highest BCUT2D eigenvalue weighted by atomic mass is 16.6. The van der Waals surface area contributed by atoms with Crippen LogP contribution in [0, 0.1) is 23.0 Å².